The number of carbonyl (C=O) groups is 1. The van der Waals surface area contributed by atoms with Crippen LogP contribution in [0, 0.1) is 0 Å². The molecule has 1 amide bonds. The first-order valence-corrected chi connectivity index (χ1v) is 9.57. The molecule has 0 radical (unpaired) electrons. The molecule has 2 aromatic carbocycles. The fourth-order valence-corrected chi connectivity index (χ4v) is 3.46. The van der Waals surface area contributed by atoms with Gasteiger partial charge in [0.05, 0.1) is 17.6 Å². The average Bonchev–Trinajstić information content (AvgIpc) is 2.69. The molecule has 0 aliphatic carbocycles. The minimum Gasteiger partial charge on any atom is -0.496 e. The van der Waals surface area contributed by atoms with E-state index in [1.165, 1.54) is 25.3 Å². The molecule has 0 saturated heterocycles. The predicted molar refractivity (Wildman–Crippen MR) is 103 cm³/mol. The Morgan fingerprint density at radius 2 is 1.82 bits per heavy atom. The van der Waals surface area contributed by atoms with Crippen LogP contribution in [0.1, 0.15) is 10.4 Å². The van der Waals surface area contributed by atoms with Gasteiger partial charge in [-0.25, -0.2) is 13.4 Å². The number of pyridine rings is 1. The van der Waals surface area contributed by atoms with Gasteiger partial charge in [-0.05, 0) is 48.5 Å². The van der Waals surface area contributed by atoms with Crippen molar-refractivity contribution in [3.8, 4) is 17.4 Å². The van der Waals surface area contributed by atoms with E-state index in [2.05, 4.69) is 9.71 Å². The molecule has 0 aliphatic rings. The lowest BCUT2D eigenvalue weighted by Gasteiger charge is -2.11. The Labute approximate surface area is 162 Å². The van der Waals surface area contributed by atoms with Gasteiger partial charge in [-0.1, -0.05) is 6.07 Å². The van der Waals surface area contributed by atoms with Crippen molar-refractivity contribution >= 4 is 21.6 Å². The number of sulfonamides is 1. The fourth-order valence-electron chi connectivity index (χ4n) is 2.38. The third-order valence-corrected chi connectivity index (χ3v) is 5.09. The second kappa shape index (κ2) is 7.97. The third-order valence-electron chi connectivity index (χ3n) is 3.71. The van der Waals surface area contributed by atoms with Crippen LogP contribution in [-0.2, 0) is 10.0 Å². The number of rotatable bonds is 7. The Hall–Kier alpha value is -3.59. The molecular weight excluding hydrogens is 382 g/mol. The highest BCUT2D eigenvalue weighted by Crippen LogP contribution is 2.25. The normalized spacial score (nSPS) is 10.9. The summed E-state index contributed by atoms with van der Waals surface area (Å²) < 4.78 is 38.2. The maximum atomic E-state index is 12.6. The van der Waals surface area contributed by atoms with E-state index in [0.717, 1.165) is 0 Å². The van der Waals surface area contributed by atoms with Crippen molar-refractivity contribution in [2.45, 2.75) is 4.90 Å². The molecule has 0 bridgehead atoms. The molecule has 0 fully saturated rings. The summed E-state index contributed by atoms with van der Waals surface area (Å²) in [6, 6.07) is 15.4. The second-order valence-electron chi connectivity index (χ2n) is 5.63. The second-order valence-corrected chi connectivity index (χ2v) is 7.31. The molecule has 1 heterocycles. The summed E-state index contributed by atoms with van der Waals surface area (Å²) in [6.45, 7) is 0. The molecule has 1 aromatic heterocycles. The summed E-state index contributed by atoms with van der Waals surface area (Å²) in [5.74, 6) is 0.336. The molecule has 9 heteroatoms. The van der Waals surface area contributed by atoms with Gasteiger partial charge in [0.1, 0.15) is 11.5 Å². The summed E-state index contributed by atoms with van der Waals surface area (Å²) in [6.07, 6.45) is 1.60. The summed E-state index contributed by atoms with van der Waals surface area (Å²) in [5.41, 5.74) is 5.58. The third kappa shape index (κ3) is 4.38. The van der Waals surface area contributed by atoms with Crippen molar-refractivity contribution in [1.82, 2.24) is 4.98 Å². The van der Waals surface area contributed by atoms with Gasteiger partial charge in [0.25, 0.3) is 15.9 Å². The maximum Gasteiger partial charge on any atom is 0.261 e. The lowest BCUT2D eigenvalue weighted by molar-refractivity contribution is 0.0997. The number of benzene rings is 2. The van der Waals surface area contributed by atoms with Crippen molar-refractivity contribution in [3.63, 3.8) is 0 Å². The zero-order valence-corrected chi connectivity index (χ0v) is 15.6. The lowest BCUT2D eigenvalue weighted by Crippen LogP contribution is -2.16. The highest BCUT2D eigenvalue weighted by Gasteiger charge is 2.19. The monoisotopic (exact) mass is 399 g/mol. The number of ether oxygens (including phenoxy) is 2. The van der Waals surface area contributed by atoms with Crippen molar-refractivity contribution in [2.24, 2.45) is 5.73 Å². The molecule has 0 atom stereocenters. The summed E-state index contributed by atoms with van der Waals surface area (Å²) in [7, 11) is -2.57. The molecule has 28 heavy (non-hydrogen) atoms. The van der Waals surface area contributed by atoms with Crippen molar-refractivity contribution < 1.29 is 22.7 Å². The number of methoxy groups -OCH3 is 1. The zero-order valence-electron chi connectivity index (χ0n) is 14.8. The van der Waals surface area contributed by atoms with Crippen LogP contribution in [0.15, 0.2) is 71.8 Å². The van der Waals surface area contributed by atoms with E-state index in [1.54, 1.807) is 48.7 Å². The maximum absolute atomic E-state index is 12.6. The van der Waals surface area contributed by atoms with Gasteiger partial charge in [-0.15, -0.1) is 0 Å². The SMILES string of the molecule is COc1ccc(S(=O)(=O)Nc2ccc(Oc3ccccn3)cc2)cc1C(N)=O. The van der Waals surface area contributed by atoms with E-state index >= 15 is 0 Å². The number of hydrogen-bond donors (Lipinski definition) is 2. The lowest BCUT2D eigenvalue weighted by atomic mass is 10.2. The van der Waals surface area contributed by atoms with Crippen LogP contribution in [0.3, 0.4) is 0 Å². The molecule has 0 unspecified atom stereocenters. The minimum absolute atomic E-state index is 0.0236. The quantitative estimate of drug-likeness (QED) is 0.630. The molecular formula is C19H17N3O5S. The van der Waals surface area contributed by atoms with Crippen LogP contribution < -0.4 is 19.9 Å². The molecule has 0 aliphatic heterocycles. The largest absolute Gasteiger partial charge is 0.496 e. The Morgan fingerprint density at radius 1 is 1.07 bits per heavy atom. The number of nitrogens with zero attached hydrogens (tertiary/aromatic N) is 1. The first kappa shape index (κ1) is 19.2. The number of primary amides is 1. The molecule has 0 spiro atoms. The van der Waals surface area contributed by atoms with Crippen LogP contribution in [0.4, 0.5) is 5.69 Å². The zero-order chi connectivity index (χ0) is 20.1. The Kier molecular flexibility index (Phi) is 5.46. The van der Waals surface area contributed by atoms with E-state index in [1.807, 2.05) is 0 Å². The van der Waals surface area contributed by atoms with Crippen LogP contribution in [0.5, 0.6) is 17.4 Å². The van der Waals surface area contributed by atoms with E-state index in [4.69, 9.17) is 15.2 Å². The predicted octanol–water partition coefficient (Wildman–Crippen LogP) is 2.78. The first-order chi connectivity index (χ1) is 13.4. The number of aromatic nitrogens is 1. The van der Waals surface area contributed by atoms with Crippen LogP contribution in [0.25, 0.3) is 0 Å². The molecule has 3 N–H and O–H groups in total. The number of hydrogen-bond acceptors (Lipinski definition) is 6. The van der Waals surface area contributed by atoms with E-state index in [-0.39, 0.29) is 16.2 Å². The van der Waals surface area contributed by atoms with Gasteiger partial charge in [0, 0.05) is 18.0 Å². The smallest absolute Gasteiger partial charge is 0.261 e. The van der Waals surface area contributed by atoms with Gasteiger partial charge in [-0.2, -0.15) is 0 Å². The standard InChI is InChI=1S/C19H17N3O5S/c1-26-17-10-9-15(12-16(17)19(20)23)28(24,25)22-13-5-7-14(8-6-13)27-18-4-2-3-11-21-18/h2-12,22H,1H3,(H2,20,23). The van der Waals surface area contributed by atoms with E-state index in [9.17, 15) is 13.2 Å². The highest BCUT2D eigenvalue weighted by atomic mass is 32.2. The number of anilines is 1. The van der Waals surface area contributed by atoms with Gasteiger partial charge >= 0.3 is 0 Å². The van der Waals surface area contributed by atoms with Crippen molar-refractivity contribution in [3.05, 3.63) is 72.4 Å². The molecule has 144 valence electrons. The number of nitrogens with two attached hydrogens (primary N) is 1. The summed E-state index contributed by atoms with van der Waals surface area (Å²) in [5, 5.41) is 0. The average molecular weight is 399 g/mol. The topological polar surface area (TPSA) is 121 Å². The van der Waals surface area contributed by atoms with Gasteiger partial charge in [-0.3, -0.25) is 9.52 Å². The molecule has 0 saturated carbocycles. The van der Waals surface area contributed by atoms with Crippen molar-refractivity contribution in [1.29, 1.82) is 0 Å². The minimum atomic E-state index is -3.93. The fraction of sp³-hybridized carbons (Fsp3) is 0.0526. The molecule has 3 aromatic rings. The number of nitrogens with one attached hydrogen (secondary N) is 1. The van der Waals surface area contributed by atoms with Gasteiger partial charge in [0.2, 0.25) is 5.88 Å². The van der Waals surface area contributed by atoms with Crippen LogP contribution >= 0.6 is 0 Å². The summed E-state index contributed by atoms with van der Waals surface area (Å²) in [4.78, 5) is 15.4. The van der Waals surface area contributed by atoms with E-state index < -0.39 is 15.9 Å². The Balaban J connectivity index is 1.79. The van der Waals surface area contributed by atoms with Crippen molar-refractivity contribution in [2.75, 3.05) is 11.8 Å². The van der Waals surface area contributed by atoms with Gasteiger partial charge in [0.15, 0.2) is 0 Å². The highest BCUT2D eigenvalue weighted by molar-refractivity contribution is 7.92. The van der Waals surface area contributed by atoms with E-state index in [0.29, 0.717) is 17.3 Å². The number of amides is 1. The summed E-state index contributed by atoms with van der Waals surface area (Å²) >= 11 is 0. The molecule has 3 rings (SSSR count). The van der Waals surface area contributed by atoms with Gasteiger partial charge < -0.3 is 15.2 Å². The Morgan fingerprint density at radius 3 is 2.43 bits per heavy atom. The number of carbonyl (C=O) groups excluding carboxylic acids is 1. The van der Waals surface area contributed by atoms with Crippen LogP contribution in [0.2, 0.25) is 0 Å². The van der Waals surface area contributed by atoms with Crippen LogP contribution in [-0.4, -0.2) is 26.4 Å². The molecule has 8 nitrogen and oxygen atoms in total. The Bertz CT molecular complexity index is 1080. The first-order valence-electron chi connectivity index (χ1n) is 8.08.